The van der Waals surface area contributed by atoms with Gasteiger partial charge in [-0.25, -0.2) is 0 Å². The Hall–Kier alpha value is -1.11. The number of Topliss-reactive ketones (excluding diaryl/α,β-unsaturated/α-hetero) is 1. The van der Waals surface area contributed by atoms with Crippen LogP contribution in [-0.2, 0) is 10.2 Å². The summed E-state index contributed by atoms with van der Waals surface area (Å²) in [5, 5.41) is 0. The SMILES string of the molecule is CC12CC3(c4ccccc4)C[C@](C)(C1)C(=O)[C@](C)(C2)C3. The van der Waals surface area contributed by atoms with E-state index >= 15 is 0 Å². The lowest BCUT2D eigenvalue weighted by Crippen LogP contribution is -2.65. The summed E-state index contributed by atoms with van der Waals surface area (Å²) in [5.41, 5.74) is 1.88. The average Bonchev–Trinajstić information content (AvgIpc) is 2.34. The van der Waals surface area contributed by atoms with Crippen LogP contribution in [0.15, 0.2) is 30.3 Å². The van der Waals surface area contributed by atoms with E-state index in [9.17, 15) is 4.79 Å². The fourth-order valence-electron chi connectivity index (χ4n) is 6.84. The van der Waals surface area contributed by atoms with Crippen molar-refractivity contribution in [2.24, 2.45) is 16.2 Å². The molecule has 20 heavy (non-hydrogen) atoms. The molecule has 5 rings (SSSR count). The van der Waals surface area contributed by atoms with Gasteiger partial charge in [0.2, 0.25) is 0 Å². The van der Waals surface area contributed by atoms with Gasteiger partial charge in [0.1, 0.15) is 5.78 Å². The Morgan fingerprint density at radius 2 is 1.35 bits per heavy atom. The highest BCUT2D eigenvalue weighted by Gasteiger charge is 2.68. The molecule has 0 aliphatic heterocycles. The van der Waals surface area contributed by atoms with Gasteiger partial charge < -0.3 is 0 Å². The van der Waals surface area contributed by atoms with Crippen molar-refractivity contribution in [1.82, 2.24) is 0 Å². The van der Waals surface area contributed by atoms with Crippen LogP contribution in [0.1, 0.15) is 58.4 Å². The molecule has 0 N–H and O–H groups in total. The first-order valence-electron chi connectivity index (χ1n) is 7.90. The summed E-state index contributed by atoms with van der Waals surface area (Å²) in [5.74, 6) is 0.550. The third kappa shape index (κ3) is 1.42. The molecule has 4 atom stereocenters. The zero-order valence-electron chi connectivity index (χ0n) is 12.8. The molecule has 106 valence electrons. The highest BCUT2D eigenvalue weighted by atomic mass is 16.1. The number of ketones is 1. The highest BCUT2D eigenvalue weighted by molar-refractivity contribution is 5.92. The predicted octanol–water partition coefficient (Wildman–Crippen LogP) is 4.50. The van der Waals surface area contributed by atoms with Gasteiger partial charge in [-0.1, -0.05) is 51.1 Å². The van der Waals surface area contributed by atoms with Gasteiger partial charge in [-0.3, -0.25) is 4.79 Å². The van der Waals surface area contributed by atoms with Gasteiger partial charge in [-0.15, -0.1) is 0 Å². The van der Waals surface area contributed by atoms with Crippen LogP contribution >= 0.6 is 0 Å². The Labute approximate surface area is 121 Å². The normalized spacial score (nSPS) is 49.6. The van der Waals surface area contributed by atoms with E-state index in [4.69, 9.17) is 0 Å². The maximum absolute atomic E-state index is 12.9. The van der Waals surface area contributed by atoms with Crippen LogP contribution < -0.4 is 0 Å². The second-order valence-corrected chi connectivity index (χ2v) is 8.79. The van der Waals surface area contributed by atoms with E-state index in [0.29, 0.717) is 11.2 Å². The van der Waals surface area contributed by atoms with Crippen molar-refractivity contribution in [2.45, 2.75) is 58.3 Å². The maximum Gasteiger partial charge on any atom is 0.144 e. The summed E-state index contributed by atoms with van der Waals surface area (Å²) in [6.45, 7) is 6.90. The van der Waals surface area contributed by atoms with Crippen LogP contribution in [0.2, 0.25) is 0 Å². The molecule has 1 aromatic carbocycles. The number of rotatable bonds is 1. The van der Waals surface area contributed by atoms with Crippen LogP contribution in [0.25, 0.3) is 0 Å². The zero-order chi connectivity index (χ0) is 14.2. The summed E-state index contributed by atoms with van der Waals surface area (Å²) in [4.78, 5) is 12.9. The Bertz CT molecular complexity index is 563. The van der Waals surface area contributed by atoms with E-state index in [-0.39, 0.29) is 16.2 Å². The van der Waals surface area contributed by atoms with Gasteiger partial charge in [0.25, 0.3) is 0 Å². The predicted molar refractivity (Wildman–Crippen MR) is 80.5 cm³/mol. The lowest BCUT2D eigenvalue weighted by Gasteiger charge is -2.68. The number of benzene rings is 1. The summed E-state index contributed by atoms with van der Waals surface area (Å²) in [6, 6.07) is 11.0. The second kappa shape index (κ2) is 3.37. The standard InChI is InChI=1S/C19H24O/c1-16-9-17(2)12-19(11-16,14-7-5-4-6-8-14)13-18(3,10-16)15(17)20/h4-8H,9-13H2,1-3H3/t16?,17-,18+,19?. The molecule has 4 aliphatic carbocycles. The smallest absolute Gasteiger partial charge is 0.144 e. The first-order valence-corrected chi connectivity index (χ1v) is 7.90. The topological polar surface area (TPSA) is 17.1 Å². The number of hydrogen-bond acceptors (Lipinski definition) is 1. The molecule has 4 aliphatic rings. The van der Waals surface area contributed by atoms with Gasteiger partial charge in [0.05, 0.1) is 0 Å². The molecular weight excluding hydrogens is 244 g/mol. The Kier molecular flexibility index (Phi) is 2.13. The molecule has 0 saturated heterocycles. The first-order chi connectivity index (χ1) is 9.30. The van der Waals surface area contributed by atoms with Crippen molar-refractivity contribution in [1.29, 1.82) is 0 Å². The van der Waals surface area contributed by atoms with Crippen molar-refractivity contribution in [3.8, 4) is 0 Å². The van der Waals surface area contributed by atoms with E-state index in [2.05, 4.69) is 51.1 Å². The Morgan fingerprint density at radius 3 is 1.90 bits per heavy atom. The zero-order valence-corrected chi connectivity index (χ0v) is 12.8. The molecule has 1 heteroatoms. The molecule has 4 fully saturated rings. The van der Waals surface area contributed by atoms with E-state index < -0.39 is 0 Å². The number of carbonyl (C=O) groups is 1. The molecule has 4 bridgehead atoms. The van der Waals surface area contributed by atoms with Crippen molar-refractivity contribution in [3.63, 3.8) is 0 Å². The third-order valence-electron chi connectivity index (χ3n) is 6.34. The summed E-state index contributed by atoms with van der Waals surface area (Å²) in [7, 11) is 0. The fourth-order valence-corrected chi connectivity index (χ4v) is 6.84. The highest BCUT2D eigenvalue weighted by Crippen LogP contribution is 2.72. The third-order valence-corrected chi connectivity index (χ3v) is 6.34. The summed E-state index contributed by atoms with van der Waals surface area (Å²) >= 11 is 0. The van der Waals surface area contributed by atoms with Gasteiger partial charge in [0, 0.05) is 10.8 Å². The Balaban J connectivity index is 1.90. The number of carbonyl (C=O) groups excluding carboxylic acids is 1. The van der Waals surface area contributed by atoms with Gasteiger partial charge in [-0.2, -0.15) is 0 Å². The van der Waals surface area contributed by atoms with Crippen LogP contribution in [0.3, 0.4) is 0 Å². The molecular formula is C19H24O. The average molecular weight is 268 g/mol. The molecule has 0 amide bonds. The molecule has 4 saturated carbocycles. The van der Waals surface area contributed by atoms with Crippen molar-refractivity contribution in [3.05, 3.63) is 35.9 Å². The second-order valence-electron chi connectivity index (χ2n) is 8.79. The van der Waals surface area contributed by atoms with Gasteiger partial charge in [0.15, 0.2) is 0 Å². The van der Waals surface area contributed by atoms with Gasteiger partial charge in [-0.05, 0) is 48.5 Å². The van der Waals surface area contributed by atoms with Crippen molar-refractivity contribution in [2.75, 3.05) is 0 Å². The van der Waals surface area contributed by atoms with E-state index in [1.807, 2.05) is 0 Å². The monoisotopic (exact) mass is 268 g/mol. The van der Waals surface area contributed by atoms with E-state index in [1.54, 1.807) is 0 Å². The van der Waals surface area contributed by atoms with Crippen molar-refractivity contribution < 1.29 is 4.79 Å². The quantitative estimate of drug-likeness (QED) is 0.732. The fraction of sp³-hybridized carbons (Fsp3) is 0.632. The van der Waals surface area contributed by atoms with Crippen LogP contribution in [0.4, 0.5) is 0 Å². The maximum atomic E-state index is 12.9. The van der Waals surface area contributed by atoms with Gasteiger partial charge >= 0.3 is 0 Å². The summed E-state index contributed by atoms with van der Waals surface area (Å²) < 4.78 is 0. The Morgan fingerprint density at radius 1 is 0.800 bits per heavy atom. The lowest BCUT2D eigenvalue weighted by atomic mass is 9.35. The minimum Gasteiger partial charge on any atom is -0.298 e. The molecule has 0 aromatic heterocycles. The molecule has 2 unspecified atom stereocenters. The molecule has 0 radical (unpaired) electrons. The molecule has 1 nitrogen and oxygen atoms in total. The minimum absolute atomic E-state index is 0.0892. The molecule has 0 spiro atoms. The first kappa shape index (κ1) is 12.6. The van der Waals surface area contributed by atoms with Crippen LogP contribution in [0, 0.1) is 16.2 Å². The van der Waals surface area contributed by atoms with Crippen molar-refractivity contribution >= 4 is 5.78 Å². The largest absolute Gasteiger partial charge is 0.298 e. The summed E-state index contributed by atoms with van der Waals surface area (Å²) in [6.07, 6.45) is 5.59. The molecule has 1 aromatic rings. The van der Waals surface area contributed by atoms with Crippen LogP contribution in [0.5, 0.6) is 0 Å². The molecule has 0 heterocycles. The van der Waals surface area contributed by atoms with E-state index in [0.717, 1.165) is 25.7 Å². The van der Waals surface area contributed by atoms with E-state index in [1.165, 1.54) is 12.0 Å². The number of hydrogen-bond donors (Lipinski definition) is 0. The van der Waals surface area contributed by atoms with Crippen LogP contribution in [-0.4, -0.2) is 5.78 Å². The lowest BCUT2D eigenvalue weighted by molar-refractivity contribution is -0.178. The minimum atomic E-state index is -0.0892.